The first kappa shape index (κ1) is 16.6. The predicted molar refractivity (Wildman–Crippen MR) is 97.9 cm³/mol. The van der Waals surface area contributed by atoms with Crippen molar-refractivity contribution in [2.24, 2.45) is 0 Å². The van der Waals surface area contributed by atoms with Crippen LogP contribution >= 0.6 is 0 Å². The van der Waals surface area contributed by atoms with Gasteiger partial charge in [0, 0.05) is 24.2 Å². The molecule has 0 N–H and O–H groups in total. The van der Waals surface area contributed by atoms with Gasteiger partial charge in [-0.1, -0.05) is 47.1 Å². The molecule has 134 valence electrons. The summed E-state index contributed by atoms with van der Waals surface area (Å²) in [4.78, 5) is 19.0. The third kappa shape index (κ3) is 3.45. The second kappa shape index (κ2) is 6.83. The second-order valence-corrected chi connectivity index (χ2v) is 6.12. The van der Waals surface area contributed by atoms with Crippen molar-refractivity contribution in [3.05, 3.63) is 82.3 Å². The maximum atomic E-state index is 10.8. The summed E-state index contributed by atoms with van der Waals surface area (Å²) in [6.45, 7) is 2.50. The van der Waals surface area contributed by atoms with E-state index in [1.54, 1.807) is 24.7 Å². The average Bonchev–Trinajstić information content (AvgIpc) is 3.32. The first-order chi connectivity index (χ1) is 13.1. The van der Waals surface area contributed by atoms with Gasteiger partial charge in [-0.05, 0) is 12.5 Å². The average molecular weight is 361 g/mol. The molecule has 2 aromatic heterocycles. The number of benzene rings is 2. The molecule has 0 bridgehead atoms. The molecule has 0 radical (unpaired) electrons. The maximum Gasteiger partial charge on any atom is 0.276 e. The van der Waals surface area contributed by atoms with E-state index in [0.29, 0.717) is 24.0 Å². The Bertz CT molecular complexity index is 1080. The van der Waals surface area contributed by atoms with Crippen molar-refractivity contribution in [2.75, 3.05) is 0 Å². The number of imidazole rings is 1. The van der Waals surface area contributed by atoms with Crippen LogP contribution < -0.4 is 0 Å². The molecule has 8 heteroatoms. The van der Waals surface area contributed by atoms with Crippen LogP contribution in [0, 0.1) is 17.0 Å². The number of hydrogen-bond donors (Lipinski definition) is 0. The standard InChI is InChI=1S/C19H15N5O3/c1-13-2-6-15(7-3-13)18-21-19(27-22-18)17-10-20-12-23(17)11-14-4-8-16(9-5-14)24(25)26/h2-10,12H,11H2,1H3. The summed E-state index contributed by atoms with van der Waals surface area (Å²) in [5.74, 6) is 0.873. The second-order valence-electron chi connectivity index (χ2n) is 6.12. The summed E-state index contributed by atoms with van der Waals surface area (Å²) < 4.78 is 7.27. The van der Waals surface area contributed by atoms with E-state index < -0.39 is 4.92 Å². The minimum atomic E-state index is -0.419. The molecule has 0 saturated carbocycles. The number of nitrogens with zero attached hydrogens (tertiary/aromatic N) is 5. The van der Waals surface area contributed by atoms with Crippen LogP contribution in [-0.2, 0) is 6.54 Å². The number of aryl methyl sites for hydroxylation is 1. The van der Waals surface area contributed by atoms with Crippen molar-refractivity contribution in [1.82, 2.24) is 19.7 Å². The molecule has 0 atom stereocenters. The first-order valence-corrected chi connectivity index (χ1v) is 8.25. The van der Waals surface area contributed by atoms with Gasteiger partial charge in [0.15, 0.2) is 0 Å². The van der Waals surface area contributed by atoms with Gasteiger partial charge < -0.3 is 9.09 Å². The molecular weight excluding hydrogens is 346 g/mol. The lowest BCUT2D eigenvalue weighted by atomic mass is 10.1. The molecule has 0 amide bonds. The number of nitro benzene ring substituents is 1. The van der Waals surface area contributed by atoms with Crippen molar-refractivity contribution in [1.29, 1.82) is 0 Å². The van der Waals surface area contributed by atoms with E-state index in [-0.39, 0.29) is 5.69 Å². The zero-order valence-corrected chi connectivity index (χ0v) is 14.4. The summed E-state index contributed by atoms with van der Waals surface area (Å²) in [7, 11) is 0. The van der Waals surface area contributed by atoms with Gasteiger partial charge >= 0.3 is 0 Å². The summed E-state index contributed by atoms with van der Waals surface area (Å²) in [5, 5.41) is 14.8. The molecule has 0 aliphatic carbocycles. The van der Waals surface area contributed by atoms with E-state index in [4.69, 9.17) is 4.52 Å². The van der Waals surface area contributed by atoms with Crippen molar-refractivity contribution in [2.45, 2.75) is 13.5 Å². The van der Waals surface area contributed by atoms with Gasteiger partial charge in [0.25, 0.3) is 11.6 Å². The number of aromatic nitrogens is 4. The molecule has 0 aliphatic rings. The Morgan fingerprint density at radius 1 is 1.11 bits per heavy atom. The zero-order chi connectivity index (χ0) is 18.8. The van der Waals surface area contributed by atoms with Gasteiger partial charge in [0.2, 0.25) is 5.82 Å². The summed E-state index contributed by atoms with van der Waals surface area (Å²) in [6, 6.07) is 14.3. The van der Waals surface area contributed by atoms with Crippen LogP contribution in [0.5, 0.6) is 0 Å². The fourth-order valence-electron chi connectivity index (χ4n) is 2.69. The predicted octanol–water partition coefficient (Wildman–Crippen LogP) is 3.87. The Morgan fingerprint density at radius 3 is 2.56 bits per heavy atom. The van der Waals surface area contributed by atoms with E-state index >= 15 is 0 Å². The zero-order valence-electron chi connectivity index (χ0n) is 14.4. The molecule has 0 aliphatic heterocycles. The van der Waals surface area contributed by atoms with Gasteiger partial charge in [-0.3, -0.25) is 10.1 Å². The first-order valence-electron chi connectivity index (χ1n) is 8.25. The highest BCUT2D eigenvalue weighted by molar-refractivity contribution is 5.58. The van der Waals surface area contributed by atoms with Crippen molar-refractivity contribution >= 4 is 5.69 Å². The van der Waals surface area contributed by atoms with Crippen molar-refractivity contribution in [3.63, 3.8) is 0 Å². The Kier molecular flexibility index (Phi) is 4.21. The van der Waals surface area contributed by atoms with Crippen molar-refractivity contribution in [3.8, 4) is 23.0 Å². The largest absolute Gasteiger partial charge is 0.332 e. The van der Waals surface area contributed by atoms with E-state index in [1.807, 2.05) is 35.8 Å². The Morgan fingerprint density at radius 2 is 1.85 bits per heavy atom. The highest BCUT2D eigenvalue weighted by Crippen LogP contribution is 2.23. The highest BCUT2D eigenvalue weighted by atomic mass is 16.6. The Labute approximate surface area is 154 Å². The van der Waals surface area contributed by atoms with E-state index in [9.17, 15) is 10.1 Å². The van der Waals surface area contributed by atoms with Gasteiger partial charge in [-0.15, -0.1) is 0 Å². The normalized spacial score (nSPS) is 10.9. The quantitative estimate of drug-likeness (QED) is 0.395. The lowest BCUT2D eigenvalue weighted by molar-refractivity contribution is -0.384. The molecule has 0 unspecified atom stereocenters. The molecule has 8 nitrogen and oxygen atoms in total. The molecule has 2 heterocycles. The molecule has 2 aromatic carbocycles. The number of nitro groups is 1. The molecule has 4 aromatic rings. The van der Waals surface area contributed by atoms with Crippen LogP contribution in [0.3, 0.4) is 0 Å². The maximum absolute atomic E-state index is 10.8. The number of rotatable bonds is 5. The smallest absolute Gasteiger partial charge is 0.276 e. The minimum absolute atomic E-state index is 0.0595. The van der Waals surface area contributed by atoms with Crippen LogP contribution in [0.25, 0.3) is 23.0 Å². The molecule has 0 fully saturated rings. The molecule has 4 rings (SSSR count). The minimum Gasteiger partial charge on any atom is -0.332 e. The van der Waals surface area contributed by atoms with Crippen LogP contribution in [0.15, 0.2) is 65.6 Å². The molecule has 27 heavy (non-hydrogen) atoms. The van der Waals surface area contributed by atoms with E-state index in [2.05, 4.69) is 15.1 Å². The van der Waals surface area contributed by atoms with Crippen LogP contribution in [0.2, 0.25) is 0 Å². The van der Waals surface area contributed by atoms with Gasteiger partial charge in [0.1, 0.15) is 5.69 Å². The van der Waals surface area contributed by atoms with Crippen LogP contribution in [0.1, 0.15) is 11.1 Å². The van der Waals surface area contributed by atoms with Gasteiger partial charge in [-0.25, -0.2) is 4.98 Å². The summed E-state index contributed by atoms with van der Waals surface area (Å²) >= 11 is 0. The lowest BCUT2D eigenvalue weighted by Gasteiger charge is -2.05. The third-order valence-electron chi connectivity index (χ3n) is 4.17. The lowest BCUT2D eigenvalue weighted by Crippen LogP contribution is -2.00. The van der Waals surface area contributed by atoms with E-state index in [0.717, 1.165) is 16.7 Å². The summed E-state index contributed by atoms with van der Waals surface area (Å²) in [5.41, 5.74) is 3.67. The van der Waals surface area contributed by atoms with Gasteiger partial charge in [-0.2, -0.15) is 4.98 Å². The van der Waals surface area contributed by atoms with Crippen LogP contribution in [0.4, 0.5) is 5.69 Å². The van der Waals surface area contributed by atoms with Crippen LogP contribution in [-0.4, -0.2) is 24.6 Å². The van der Waals surface area contributed by atoms with Crippen molar-refractivity contribution < 1.29 is 9.45 Å². The number of hydrogen-bond acceptors (Lipinski definition) is 6. The Balaban J connectivity index is 1.58. The monoisotopic (exact) mass is 361 g/mol. The molecule has 0 spiro atoms. The fraction of sp³-hybridized carbons (Fsp3) is 0.105. The topological polar surface area (TPSA) is 99.9 Å². The van der Waals surface area contributed by atoms with Gasteiger partial charge in [0.05, 0.1) is 17.4 Å². The molecular formula is C19H15N5O3. The third-order valence-corrected chi connectivity index (χ3v) is 4.17. The van der Waals surface area contributed by atoms with E-state index in [1.165, 1.54) is 12.1 Å². The Hall–Kier alpha value is -3.81. The molecule has 0 saturated heterocycles. The summed E-state index contributed by atoms with van der Waals surface area (Å²) in [6.07, 6.45) is 3.31. The number of non-ortho nitro benzene ring substituents is 1. The fourth-order valence-corrected chi connectivity index (χ4v) is 2.69. The SMILES string of the molecule is Cc1ccc(-c2noc(-c3cncn3Cc3ccc([N+](=O)[O-])cc3)n2)cc1. The highest BCUT2D eigenvalue weighted by Gasteiger charge is 2.15.